The first kappa shape index (κ1) is 31.6. The number of hydrogen-bond donors (Lipinski definition) is 4. The lowest BCUT2D eigenvalue weighted by Gasteiger charge is -2.24. The number of unbranched alkanes of at least 4 members (excludes halogenated alkanes) is 12. The Kier molecular flexibility index (Phi) is 17.4. The second-order valence-electron chi connectivity index (χ2n) is 10.1. The topological polar surface area (TPSA) is 124 Å². The van der Waals surface area contributed by atoms with E-state index >= 15 is 0 Å². The molecule has 1 aromatic heterocycles. The Labute approximate surface area is 217 Å². The van der Waals surface area contributed by atoms with Crippen LogP contribution in [0.1, 0.15) is 123 Å². The van der Waals surface area contributed by atoms with Crippen LogP contribution in [-0.2, 0) is 20.8 Å². The Balaban J connectivity index is 2.33. The van der Waals surface area contributed by atoms with E-state index in [9.17, 15) is 19.5 Å². The number of carboxylic acids is 1. The maximum atomic E-state index is 12.9. The van der Waals surface area contributed by atoms with E-state index in [0.717, 1.165) is 19.3 Å². The van der Waals surface area contributed by atoms with Crippen molar-refractivity contribution < 1.29 is 19.5 Å². The smallest absolute Gasteiger partial charge is 0.326 e. The highest BCUT2D eigenvalue weighted by Gasteiger charge is 2.30. The van der Waals surface area contributed by atoms with Crippen LogP contribution in [0, 0.1) is 5.92 Å². The molecule has 206 valence electrons. The van der Waals surface area contributed by atoms with Gasteiger partial charge in [0.2, 0.25) is 11.8 Å². The number of imidazole rings is 1. The summed E-state index contributed by atoms with van der Waals surface area (Å²) in [5.41, 5.74) is 0.631. The van der Waals surface area contributed by atoms with Crippen LogP contribution >= 0.6 is 0 Å². The lowest BCUT2D eigenvalue weighted by atomic mass is 9.98. The molecular weight excluding hydrogens is 456 g/mol. The average molecular weight is 507 g/mol. The molecule has 8 nitrogen and oxygen atoms in total. The number of nitrogens with zero attached hydrogens (tertiary/aromatic N) is 1. The standard InChI is InChI=1S/C28H50N4O4/c1-4-6-7-8-9-10-11-12-13-14-15-16-17-18-25(33)31-24(19-23-20-29-21-30-23)27(34)32-26(28(35)36)22(3)5-2/h20-22,24,26H,4-19H2,1-3H3,(H,29,30)(H,31,33)(H,32,34)(H,35,36). The number of carbonyl (C=O) groups excluding carboxylic acids is 2. The molecule has 1 aromatic rings. The summed E-state index contributed by atoms with van der Waals surface area (Å²) in [6, 6.07) is -1.86. The fourth-order valence-electron chi connectivity index (χ4n) is 4.33. The molecule has 0 spiro atoms. The van der Waals surface area contributed by atoms with E-state index in [2.05, 4.69) is 27.5 Å². The van der Waals surface area contributed by atoms with Gasteiger partial charge in [-0.1, -0.05) is 104 Å². The summed E-state index contributed by atoms with van der Waals surface area (Å²) in [4.78, 5) is 44.1. The summed E-state index contributed by atoms with van der Waals surface area (Å²) < 4.78 is 0. The van der Waals surface area contributed by atoms with E-state index in [-0.39, 0.29) is 18.2 Å². The van der Waals surface area contributed by atoms with Gasteiger partial charge in [0.25, 0.3) is 0 Å². The van der Waals surface area contributed by atoms with Crippen LogP contribution in [0.5, 0.6) is 0 Å². The summed E-state index contributed by atoms with van der Waals surface area (Å²) in [5.74, 6) is -1.98. The summed E-state index contributed by atoms with van der Waals surface area (Å²) in [5, 5.41) is 14.9. The fourth-order valence-corrected chi connectivity index (χ4v) is 4.33. The van der Waals surface area contributed by atoms with Crippen LogP contribution in [0.4, 0.5) is 0 Å². The van der Waals surface area contributed by atoms with Gasteiger partial charge in [-0.2, -0.15) is 0 Å². The maximum Gasteiger partial charge on any atom is 0.326 e. The number of amides is 2. The third-order valence-corrected chi connectivity index (χ3v) is 6.90. The zero-order chi connectivity index (χ0) is 26.6. The van der Waals surface area contributed by atoms with Gasteiger partial charge in [0, 0.05) is 19.0 Å². The van der Waals surface area contributed by atoms with E-state index in [1.807, 2.05) is 6.92 Å². The molecule has 0 radical (unpaired) electrons. The van der Waals surface area contributed by atoms with Crippen LogP contribution in [0.25, 0.3) is 0 Å². The molecule has 0 aliphatic rings. The summed E-state index contributed by atoms with van der Waals surface area (Å²) in [6.07, 6.45) is 20.5. The van der Waals surface area contributed by atoms with Crippen molar-refractivity contribution in [3.8, 4) is 0 Å². The molecule has 8 heteroatoms. The predicted molar refractivity (Wildman–Crippen MR) is 144 cm³/mol. The third-order valence-electron chi connectivity index (χ3n) is 6.90. The average Bonchev–Trinajstić information content (AvgIpc) is 3.37. The second kappa shape index (κ2) is 19.8. The van der Waals surface area contributed by atoms with Gasteiger partial charge in [0.05, 0.1) is 12.0 Å². The number of rotatable bonds is 22. The Hall–Kier alpha value is -2.38. The highest BCUT2D eigenvalue weighted by molar-refractivity contribution is 5.90. The molecule has 0 aliphatic carbocycles. The van der Waals surface area contributed by atoms with Gasteiger partial charge in [-0.25, -0.2) is 9.78 Å². The Morgan fingerprint density at radius 1 is 0.889 bits per heavy atom. The van der Waals surface area contributed by atoms with Crippen molar-refractivity contribution in [2.24, 2.45) is 5.92 Å². The van der Waals surface area contributed by atoms with Crippen molar-refractivity contribution in [1.29, 1.82) is 0 Å². The number of aromatic amines is 1. The molecule has 0 aromatic carbocycles. The third kappa shape index (κ3) is 14.2. The zero-order valence-corrected chi connectivity index (χ0v) is 22.8. The van der Waals surface area contributed by atoms with E-state index < -0.39 is 24.0 Å². The predicted octanol–water partition coefficient (Wildman–Crippen LogP) is 5.53. The van der Waals surface area contributed by atoms with Gasteiger partial charge in [-0.05, 0) is 12.3 Å². The van der Waals surface area contributed by atoms with E-state index in [1.54, 1.807) is 13.1 Å². The van der Waals surface area contributed by atoms with Gasteiger partial charge < -0.3 is 20.7 Å². The lowest BCUT2D eigenvalue weighted by molar-refractivity contribution is -0.143. The van der Waals surface area contributed by atoms with Crippen molar-refractivity contribution >= 4 is 17.8 Å². The molecule has 3 atom stereocenters. The SMILES string of the molecule is CCCCCCCCCCCCCCCC(=O)NC(Cc1c[nH]cn1)C(=O)NC(C(=O)O)C(C)CC. The molecule has 0 aliphatic heterocycles. The fraction of sp³-hybridized carbons (Fsp3) is 0.786. The Bertz CT molecular complexity index is 723. The number of nitrogens with one attached hydrogen (secondary N) is 3. The quantitative estimate of drug-likeness (QED) is 0.154. The molecule has 1 heterocycles. The number of carboxylic acid groups (broad SMARTS) is 1. The van der Waals surface area contributed by atoms with Crippen LogP contribution in [-0.4, -0.2) is 44.9 Å². The van der Waals surface area contributed by atoms with Gasteiger partial charge in [0.15, 0.2) is 0 Å². The minimum Gasteiger partial charge on any atom is -0.480 e. The van der Waals surface area contributed by atoms with Crippen LogP contribution in [0.15, 0.2) is 12.5 Å². The van der Waals surface area contributed by atoms with Crippen LogP contribution < -0.4 is 10.6 Å². The van der Waals surface area contributed by atoms with Crippen LogP contribution in [0.3, 0.4) is 0 Å². The van der Waals surface area contributed by atoms with Crippen molar-refractivity contribution in [2.45, 2.75) is 136 Å². The number of H-pyrrole nitrogens is 1. The maximum absolute atomic E-state index is 12.9. The van der Waals surface area contributed by atoms with Gasteiger partial charge in [0.1, 0.15) is 12.1 Å². The summed E-state index contributed by atoms with van der Waals surface area (Å²) >= 11 is 0. The number of hydrogen-bond acceptors (Lipinski definition) is 4. The largest absolute Gasteiger partial charge is 0.480 e. The van der Waals surface area contributed by atoms with Gasteiger partial charge in [-0.3, -0.25) is 9.59 Å². The number of carbonyl (C=O) groups is 3. The van der Waals surface area contributed by atoms with Crippen molar-refractivity contribution in [1.82, 2.24) is 20.6 Å². The van der Waals surface area contributed by atoms with Gasteiger partial charge >= 0.3 is 5.97 Å². The minimum absolute atomic E-state index is 0.191. The van der Waals surface area contributed by atoms with E-state index in [4.69, 9.17) is 0 Å². The molecular formula is C28H50N4O4. The number of aromatic nitrogens is 2. The zero-order valence-electron chi connectivity index (χ0n) is 22.8. The molecule has 4 N–H and O–H groups in total. The monoisotopic (exact) mass is 506 g/mol. The molecule has 2 amide bonds. The number of aliphatic carboxylic acids is 1. The molecule has 0 saturated carbocycles. The van der Waals surface area contributed by atoms with Gasteiger partial charge in [-0.15, -0.1) is 0 Å². The first-order valence-electron chi connectivity index (χ1n) is 14.2. The van der Waals surface area contributed by atoms with E-state index in [0.29, 0.717) is 18.5 Å². The molecule has 36 heavy (non-hydrogen) atoms. The van der Waals surface area contributed by atoms with Crippen molar-refractivity contribution in [3.05, 3.63) is 18.2 Å². The van der Waals surface area contributed by atoms with Crippen LogP contribution in [0.2, 0.25) is 0 Å². The van der Waals surface area contributed by atoms with E-state index in [1.165, 1.54) is 70.5 Å². The van der Waals surface area contributed by atoms with Crippen molar-refractivity contribution in [2.75, 3.05) is 0 Å². The highest BCUT2D eigenvalue weighted by Crippen LogP contribution is 2.13. The summed E-state index contributed by atoms with van der Waals surface area (Å²) in [6.45, 7) is 5.92. The molecule has 0 bridgehead atoms. The minimum atomic E-state index is -1.07. The van der Waals surface area contributed by atoms with Crippen molar-refractivity contribution in [3.63, 3.8) is 0 Å². The normalized spacial score (nSPS) is 13.6. The first-order chi connectivity index (χ1) is 17.4. The Morgan fingerprint density at radius 2 is 1.44 bits per heavy atom. The molecule has 0 fully saturated rings. The summed E-state index contributed by atoms with van der Waals surface area (Å²) in [7, 11) is 0. The lowest BCUT2D eigenvalue weighted by Crippen LogP contribution is -2.54. The first-order valence-corrected chi connectivity index (χ1v) is 14.2. The Morgan fingerprint density at radius 3 is 1.92 bits per heavy atom. The molecule has 1 rings (SSSR count). The highest BCUT2D eigenvalue weighted by atomic mass is 16.4. The second-order valence-corrected chi connectivity index (χ2v) is 10.1. The molecule has 0 saturated heterocycles. The molecule has 3 unspecified atom stereocenters.